The molecule has 0 saturated carbocycles. The van der Waals surface area contributed by atoms with Crippen molar-refractivity contribution in [1.29, 1.82) is 5.26 Å². The molecule has 2 nitrogen and oxygen atoms in total. The summed E-state index contributed by atoms with van der Waals surface area (Å²) < 4.78 is 26.0. The number of nitriles is 1. The van der Waals surface area contributed by atoms with E-state index in [0.717, 1.165) is 24.3 Å². The van der Waals surface area contributed by atoms with Gasteiger partial charge < -0.3 is 0 Å². The fourth-order valence-corrected chi connectivity index (χ4v) is 0.919. The summed E-state index contributed by atoms with van der Waals surface area (Å²) in [4.78, 5) is 9.94. The summed E-state index contributed by atoms with van der Waals surface area (Å²) in [5.74, 6) is -1.54. The molecule has 0 spiro atoms. The van der Waals surface area contributed by atoms with E-state index in [-0.39, 0.29) is 11.1 Å². The van der Waals surface area contributed by atoms with Crippen molar-refractivity contribution in [2.75, 3.05) is 0 Å². The van der Waals surface area contributed by atoms with Crippen LogP contribution < -0.4 is 0 Å². The third-order valence-corrected chi connectivity index (χ3v) is 1.56. The molecule has 0 aliphatic rings. The zero-order valence-corrected chi connectivity index (χ0v) is 7.00. The number of hydrogen-bond donors (Lipinski definition) is 0. The molecule has 14 heavy (non-hydrogen) atoms. The molecule has 0 aliphatic carbocycles. The van der Waals surface area contributed by atoms with E-state index in [1.165, 1.54) is 6.07 Å². The van der Waals surface area contributed by atoms with Crippen molar-refractivity contribution in [2.24, 2.45) is 0 Å². The monoisotopic (exact) mass is 193 g/mol. The topological polar surface area (TPSA) is 40.9 Å². The maximum absolute atomic E-state index is 13.1. The number of carbonyl (C=O) groups is 1. The molecule has 4 heteroatoms. The lowest BCUT2D eigenvalue weighted by molar-refractivity contribution is -0.104. The van der Waals surface area contributed by atoms with Crippen molar-refractivity contribution < 1.29 is 13.6 Å². The first-order valence-electron chi connectivity index (χ1n) is 3.70. The summed E-state index contributed by atoms with van der Waals surface area (Å²) in [5.41, 5.74) is -0.417. The first kappa shape index (κ1) is 10.1. The molecule has 1 aromatic carbocycles. The number of rotatable bonds is 2. The molecule has 0 fully saturated rings. The van der Waals surface area contributed by atoms with Gasteiger partial charge in [-0.15, -0.1) is 0 Å². The Morgan fingerprint density at radius 2 is 2.00 bits per heavy atom. The van der Waals surface area contributed by atoms with Crippen molar-refractivity contribution in [3.05, 3.63) is 41.0 Å². The molecule has 70 valence electrons. The third-order valence-electron chi connectivity index (χ3n) is 1.56. The molecule has 1 aromatic rings. The normalized spacial score (nSPS) is 10.1. The molecular formula is C10H5F2NO. The molecule has 0 bridgehead atoms. The Hall–Kier alpha value is -2.02. The van der Waals surface area contributed by atoms with Crippen LogP contribution in [-0.2, 0) is 4.79 Å². The van der Waals surface area contributed by atoms with Gasteiger partial charge in [0.1, 0.15) is 24.0 Å². The van der Waals surface area contributed by atoms with Crippen LogP contribution in [0.3, 0.4) is 0 Å². The SMILES string of the molecule is N#Cc1cc(F)c(C=CC=O)cc1F. The van der Waals surface area contributed by atoms with E-state index in [2.05, 4.69) is 0 Å². The van der Waals surface area contributed by atoms with E-state index < -0.39 is 11.6 Å². The molecule has 0 saturated heterocycles. The van der Waals surface area contributed by atoms with Gasteiger partial charge in [-0.1, -0.05) is 0 Å². The van der Waals surface area contributed by atoms with Crippen LogP contribution in [0.15, 0.2) is 18.2 Å². The van der Waals surface area contributed by atoms with Gasteiger partial charge in [-0.05, 0) is 24.3 Å². The molecule has 0 amide bonds. The lowest BCUT2D eigenvalue weighted by Gasteiger charge is -1.98. The number of carbonyl (C=O) groups excluding carboxylic acids is 1. The third kappa shape index (κ3) is 2.02. The second kappa shape index (κ2) is 4.28. The molecule has 0 radical (unpaired) electrons. The zero-order valence-electron chi connectivity index (χ0n) is 7.00. The highest BCUT2D eigenvalue weighted by atomic mass is 19.1. The van der Waals surface area contributed by atoms with Gasteiger partial charge in [-0.25, -0.2) is 8.78 Å². The van der Waals surface area contributed by atoms with E-state index >= 15 is 0 Å². The standard InChI is InChI=1S/C10H5F2NO/c11-9-5-8(6-13)10(12)4-7(9)2-1-3-14/h1-5H. The summed E-state index contributed by atoms with van der Waals surface area (Å²) in [7, 11) is 0. The maximum atomic E-state index is 13.1. The van der Waals surface area contributed by atoms with Gasteiger partial charge in [0.15, 0.2) is 0 Å². The van der Waals surface area contributed by atoms with Gasteiger partial charge >= 0.3 is 0 Å². The van der Waals surface area contributed by atoms with Crippen LogP contribution in [0.5, 0.6) is 0 Å². The van der Waals surface area contributed by atoms with Crippen LogP contribution in [-0.4, -0.2) is 6.29 Å². The maximum Gasteiger partial charge on any atom is 0.142 e. The molecule has 0 aliphatic heterocycles. The summed E-state index contributed by atoms with van der Waals surface area (Å²) in [5, 5.41) is 8.38. The van der Waals surface area contributed by atoms with Crippen molar-refractivity contribution in [2.45, 2.75) is 0 Å². The Morgan fingerprint density at radius 1 is 1.29 bits per heavy atom. The van der Waals surface area contributed by atoms with Gasteiger partial charge in [-0.3, -0.25) is 4.79 Å². The fourth-order valence-electron chi connectivity index (χ4n) is 0.919. The number of halogens is 2. The second-order valence-corrected chi connectivity index (χ2v) is 2.46. The average molecular weight is 193 g/mol. The molecule has 0 aromatic heterocycles. The summed E-state index contributed by atoms with van der Waals surface area (Å²) in [6.45, 7) is 0. The largest absolute Gasteiger partial charge is 0.299 e. The van der Waals surface area contributed by atoms with Gasteiger partial charge in [0.2, 0.25) is 0 Å². The molecule has 0 heterocycles. The minimum absolute atomic E-state index is 0.0615. The number of benzene rings is 1. The smallest absolute Gasteiger partial charge is 0.142 e. The predicted molar refractivity (Wildman–Crippen MR) is 46.2 cm³/mol. The Labute approximate surface area is 79.1 Å². The molecule has 0 unspecified atom stereocenters. The van der Waals surface area contributed by atoms with Crippen molar-refractivity contribution in [1.82, 2.24) is 0 Å². The van der Waals surface area contributed by atoms with Crippen molar-refractivity contribution >= 4 is 12.4 Å². The van der Waals surface area contributed by atoms with Gasteiger partial charge in [0.05, 0.1) is 5.56 Å². The van der Waals surface area contributed by atoms with E-state index in [0.29, 0.717) is 6.29 Å². The molecule has 1 rings (SSSR count). The summed E-state index contributed by atoms with van der Waals surface area (Å²) in [6, 6.07) is 3.17. The van der Waals surface area contributed by atoms with Crippen LogP contribution in [0.2, 0.25) is 0 Å². The second-order valence-electron chi connectivity index (χ2n) is 2.46. The average Bonchev–Trinajstić information content (AvgIpc) is 2.18. The van der Waals surface area contributed by atoms with Crippen LogP contribution >= 0.6 is 0 Å². The highest BCUT2D eigenvalue weighted by molar-refractivity contribution is 5.74. The lowest BCUT2D eigenvalue weighted by Crippen LogP contribution is -1.90. The first-order valence-corrected chi connectivity index (χ1v) is 3.70. The van der Waals surface area contributed by atoms with E-state index in [1.54, 1.807) is 0 Å². The Kier molecular flexibility index (Phi) is 3.08. The van der Waals surface area contributed by atoms with E-state index in [9.17, 15) is 13.6 Å². The predicted octanol–water partition coefficient (Wildman–Crippen LogP) is 2.05. The number of hydrogen-bond acceptors (Lipinski definition) is 2. The number of allylic oxidation sites excluding steroid dienone is 1. The van der Waals surface area contributed by atoms with Gasteiger partial charge in [0.25, 0.3) is 0 Å². The van der Waals surface area contributed by atoms with Crippen LogP contribution in [0.1, 0.15) is 11.1 Å². The molecule has 0 N–H and O–H groups in total. The van der Waals surface area contributed by atoms with Crippen LogP contribution in [0.25, 0.3) is 6.08 Å². The molecule has 0 atom stereocenters. The lowest BCUT2D eigenvalue weighted by atomic mass is 10.1. The summed E-state index contributed by atoms with van der Waals surface area (Å²) >= 11 is 0. The number of aldehydes is 1. The van der Waals surface area contributed by atoms with Crippen molar-refractivity contribution in [3.63, 3.8) is 0 Å². The highest BCUT2D eigenvalue weighted by Crippen LogP contribution is 2.15. The van der Waals surface area contributed by atoms with Crippen LogP contribution in [0.4, 0.5) is 8.78 Å². The quantitative estimate of drug-likeness (QED) is 0.532. The number of nitrogens with zero attached hydrogens (tertiary/aromatic N) is 1. The van der Waals surface area contributed by atoms with Gasteiger partial charge in [-0.2, -0.15) is 5.26 Å². The minimum atomic E-state index is -0.806. The fraction of sp³-hybridized carbons (Fsp3) is 0. The Morgan fingerprint density at radius 3 is 2.57 bits per heavy atom. The minimum Gasteiger partial charge on any atom is -0.299 e. The Balaban J connectivity index is 3.23. The highest BCUT2D eigenvalue weighted by Gasteiger charge is 2.06. The van der Waals surface area contributed by atoms with Crippen molar-refractivity contribution in [3.8, 4) is 6.07 Å². The van der Waals surface area contributed by atoms with Gasteiger partial charge in [0, 0.05) is 5.56 Å². The van der Waals surface area contributed by atoms with E-state index in [1.807, 2.05) is 0 Å². The Bertz CT molecular complexity index is 432. The molecular weight excluding hydrogens is 188 g/mol. The zero-order chi connectivity index (χ0) is 10.6. The van der Waals surface area contributed by atoms with E-state index in [4.69, 9.17) is 5.26 Å². The summed E-state index contributed by atoms with van der Waals surface area (Å²) in [6.07, 6.45) is 2.63. The van der Waals surface area contributed by atoms with Crippen LogP contribution in [0, 0.1) is 23.0 Å². The first-order chi connectivity index (χ1) is 6.69.